The van der Waals surface area contributed by atoms with Crippen LogP contribution < -0.4 is 4.74 Å². The lowest BCUT2D eigenvalue weighted by Crippen LogP contribution is -2.41. The first-order valence-corrected chi connectivity index (χ1v) is 11.2. The number of hydrogen-bond acceptors (Lipinski definition) is 4. The van der Waals surface area contributed by atoms with E-state index >= 15 is 0 Å². The number of hydrogen-bond donors (Lipinski definition) is 0. The van der Waals surface area contributed by atoms with Crippen molar-refractivity contribution in [3.05, 3.63) is 65.0 Å². The third-order valence-corrected chi connectivity index (χ3v) is 6.11. The van der Waals surface area contributed by atoms with Crippen molar-refractivity contribution in [2.75, 3.05) is 46.0 Å². The normalized spacial score (nSPS) is 19.0. The molecule has 2 amide bonds. The van der Waals surface area contributed by atoms with E-state index in [4.69, 9.17) is 9.47 Å². The first kappa shape index (κ1) is 22.3. The van der Waals surface area contributed by atoms with Gasteiger partial charge in [-0.1, -0.05) is 6.07 Å². The average molecular weight is 441 g/mol. The maximum atomic E-state index is 13.9. The van der Waals surface area contributed by atoms with E-state index in [0.29, 0.717) is 68.4 Å². The van der Waals surface area contributed by atoms with Gasteiger partial charge in [0.1, 0.15) is 11.6 Å². The molecule has 0 aliphatic carbocycles. The van der Waals surface area contributed by atoms with Gasteiger partial charge in [-0.2, -0.15) is 0 Å². The molecule has 32 heavy (non-hydrogen) atoms. The van der Waals surface area contributed by atoms with Gasteiger partial charge in [0.15, 0.2) is 0 Å². The molecule has 0 bridgehead atoms. The van der Waals surface area contributed by atoms with Gasteiger partial charge in [0.2, 0.25) is 0 Å². The molecule has 2 fully saturated rings. The van der Waals surface area contributed by atoms with Gasteiger partial charge < -0.3 is 19.3 Å². The summed E-state index contributed by atoms with van der Waals surface area (Å²) >= 11 is 0. The second kappa shape index (κ2) is 10.1. The Kier molecular flexibility index (Phi) is 7.05. The highest BCUT2D eigenvalue weighted by Crippen LogP contribution is 2.22. The van der Waals surface area contributed by atoms with Crippen LogP contribution in [0.5, 0.6) is 5.75 Å². The summed E-state index contributed by atoms with van der Waals surface area (Å²) in [5.74, 6) is 0.418. The molecule has 6 nitrogen and oxygen atoms in total. The Hall–Kier alpha value is -2.93. The molecule has 2 aliphatic rings. The lowest BCUT2D eigenvalue weighted by atomic mass is 9.98. The third kappa shape index (κ3) is 5.27. The Morgan fingerprint density at radius 2 is 1.69 bits per heavy atom. The quantitative estimate of drug-likeness (QED) is 0.714. The second-order valence-electron chi connectivity index (χ2n) is 8.46. The zero-order valence-corrected chi connectivity index (χ0v) is 18.4. The molecule has 1 unspecified atom stereocenters. The van der Waals surface area contributed by atoms with E-state index in [-0.39, 0.29) is 23.5 Å². The number of amides is 2. The molecule has 2 aromatic carbocycles. The van der Waals surface area contributed by atoms with Crippen LogP contribution >= 0.6 is 0 Å². The van der Waals surface area contributed by atoms with E-state index < -0.39 is 0 Å². The van der Waals surface area contributed by atoms with Gasteiger partial charge in [0.25, 0.3) is 11.8 Å². The summed E-state index contributed by atoms with van der Waals surface area (Å²) in [6.45, 7) is 5.81. The van der Waals surface area contributed by atoms with Gasteiger partial charge >= 0.3 is 0 Å². The fraction of sp³-hybridized carbons (Fsp3) is 0.440. The number of nitrogens with zero attached hydrogens (tertiary/aromatic N) is 2. The SMILES string of the molecule is Cc1ccc(C(=O)N2CCCC(COc3ccc(C(=O)N4CCOCC4)cc3)C2)cc1F. The number of ether oxygens (including phenoxy) is 2. The van der Waals surface area contributed by atoms with E-state index in [1.807, 2.05) is 12.1 Å². The lowest BCUT2D eigenvalue weighted by Gasteiger charge is -2.32. The van der Waals surface area contributed by atoms with E-state index in [9.17, 15) is 14.0 Å². The van der Waals surface area contributed by atoms with Gasteiger partial charge in [-0.25, -0.2) is 4.39 Å². The molecule has 2 saturated heterocycles. The van der Waals surface area contributed by atoms with Gasteiger partial charge in [-0.05, 0) is 61.7 Å². The van der Waals surface area contributed by atoms with E-state index in [2.05, 4.69) is 0 Å². The molecule has 0 spiro atoms. The Balaban J connectivity index is 1.30. The van der Waals surface area contributed by atoms with Crippen molar-refractivity contribution in [1.29, 1.82) is 0 Å². The van der Waals surface area contributed by atoms with E-state index in [0.717, 1.165) is 12.8 Å². The van der Waals surface area contributed by atoms with E-state index in [1.54, 1.807) is 41.0 Å². The number of likely N-dealkylation sites (tertiary alicyclic amines) is 1. The minimum absolute atomic E-state index is 0.00817. The number of carbonyl (C=O) groups excluding carboxylic acids is 2. The zero-order valence-electron chi connectivity index (χ0n) is 18.4. The highest BCUT2D eigenvalue weighted by atomic mass is 19.1. The molecule has 7 heteroatoms. The predicted molar refractivity (Wildman–Crippen MR) is 118 cm³/mol. The highest BCUT2D eigenvalue weighted by molar-refractivity contribution is 5.95. The molecule has 2 aromatic rings. The van der Waals surface area contributed by atoms with Crippen LogP contribution in [0.1, 0.15) is 39.1 Å². The average Bonchev–Trinajstić information content (AvgIpc) is 2.84. The summed E-state index contributed by atoms with van der Waals surface area (Å²) in [4.78, 5) is 28.9. The van der Waals surface area contributed by atoms with Crippen molar-refractivity contribution in [1.82, 2.24) is 9.80 Å². The summed E-state index contributed by atoms with van der Waals surface area (Å²) in [5.41, 5.74) is 1.55. The zero-order chi connectivity index (χ0) is 22.5. The number of piperidine rings is 1. The number of carbonyl (C=O) groups is 2. The molecule has 0 N–H and O–H groups in total. The van der Waals surface area contributed by atoms with E-state index in [1.165, 1.54) is 6.07 Å². The number of benzene rings is 2. The fourth-order valence-electron chi connectivity index (χ4n) is 4.15. The summed E-state index contributed by atoms with van der Waals surface area (Å²) in [5, 5.41) is 0. The van der Waals surface area contributed by atoms with Crippen molar-refractivity contribution < 1.29 is 23.5 Å². The van der Waals surface area contributed by atoms with Crippen LogP contribution in [-0.2, 0) is 4.74 Å². The molecule has 2 heterocycles. The summed E-state index contributed by atoms with van der Waals surface area (Å²) in [7, 11) is 0. The van der Waals surface area contributed by atoms with Crippen LogP contribution in [0.25, 0.3) is 0 Å². The van der Waals surface area contributed by atoms with Crippen molar-refractivity contribution in [3.8, 4) is 5.75 Å². The fourth-order valence-corrected chi connectivity index (χ4v) is 4.15. The van der Waals surface area contributed by atoms with Gasteiger partial charge in [-0.15, -0.1) is 0 Å². The summed E-state index contributed by atoms with van der Waals surface area (Å²) < 4.78 is 25.1. The van der Waals surface area contributed by atoms with Crippen LogP contribution in [-0.4, -0.2) is 67.6 Å². The second-order valence-corrected chi connectivity index (χ2v) is 8.46. The number of aryl methyl sites for hydroxylation is 1. The molecular weight excluding hydrogens is 411 g/mol. The van der Waals surface area contributed by atoms with Crippen LogP contribution in [0, 0.1) is 18.7 Å². The Morgan fingerprint density at radius 1 is 1.00 bits per heavy atom. The largest absolute Gasteiger partial charge is 0.493 e. The maximum absolute atomic E-state index is 13.9. The summed E-state index contributed by atoms with van der Waals surface area (Å²) in [6.07, 6.45) is 1.86. The van der Waals surface area contributed by atoms with Gasteiger partial charge in [0, 0.05) is 43.2 Å². The topological polar surface area (TPSA) is 59.1 Å². The van der Waals surface area contributed by atoms with Crippen LogP contribution in [0.2, 0.25) is 0 Å². The minimum atomic E-state index is -0.358. The Labute approximate surface area is 187 Å². The molecule has 0 radical (unpaired) electrons. The van der Waals surface area contributed by atoms with Crippen LogP contribution in [0.4, 0.5) is 4.39 Å². The molecule has 4 rings (SSSR count). The molecular formula is C25H29FN2O4. The van der Waals surface area contributed by atoms with Crippen LogP contribution in [0.3, 0.4) is 0 Å². The minimum Gasteiger partial charge on any atom is -0.493 e. The molecule has 2 aliphatic heterocycles. The standard InChI is InChI=1S/C25H29FN2O4/c1-18-4-5-21(15-23(18)26)25(30)28-10-2-3-19(16-28)17-32-22-8-6-20(7-9-22)24(29)27-11-13-31-14-12-27/h4-9,15,19H,2-3,10-14,16-17H2,1H3. The highest BCUT2D eigenvalue weighted by Gasteiger charge is 2.25. The number of morpholine rings is 1. The van der Waals surface area contributed by atoms with Gasteiger partial charge in [-0.3, -0.25) is 9.59 Å². The smallest absolute Gasteiger partial charge is 0.254 e. The molecule has 0 saturated carbocycles. The van der Waals surface area contributed by atoms with Crippen molar-refractivity contribution in [2.24, 2.45) is 5.92 Å². The van der Waals surface area contributed by atoms with Gasteiger partial charge in [0.05, 0.1) is 19.8 Å². The van der Waals surface area contributed by atoms with Crippen molar-refractivity contribution in [3.63, 3.8) is 0 Å². The number of rotatable bonds is 5. The van der Waals surface area contributed by atoms with Crippen molar-refractivity contribution in [2.45, 2.75) is 19.8 Å². The predicted octanol–water partition coefficient (Wildman–Crippen LogP) is 3.54. The Morgan fingerprint density at radius 3 is 2.41 bits per heavy atom. The third-order valence-electron chi connectivity index (χ3n) is 6.11. The molecule has 0 aromatic heterocycles. The van der Waals surface area contributed by atoms with Crippen molar-refractivity contribution >= 4 is 11.8 Å². The first-order chi connectivity index (χ1) is 15.5. The lowest BCUT2D eigenvalue weighted by molar-refractivity contribution is 0.0303. The first-order valence-electron chi connectivity index (χ1n) is 11.2. The number of halogens is 1. The summed E-state index contributed by atoms with van der Waals surface area (Å²) in [6, 6.07) is 11.8. The molecule has 170 valence electrons. The molecule has 1 atom stereocenters. The monoisotopic (exact) mass is 440 g/mol. The Bertz CT molecular complexity index is 957. The van der Waals surface area contributed by atoms with Crippen LogP contribution in [0.15, 0.2) is 42.5 Å². The maximum Gasteiger partial charge on any atom is 0.254 e.